The zero-order valence-electron chi connectivity index (χ0n) is 15.2. The first-order valence-corrected chi connectivity index (χ1v) is 10.3. The maximum Gasteiger partial charge on any atom is 0.261 e. The predicted molar refractivity (Wildman–Crippen MR) is 122 cm³/mol. The van der Waals surface area contributed by atoms with Crippen molar-refractivity contribution in [3.63, 3.8) is 0 Å². The molecule has 4 nitrogen and oxygen atoms in total. The van der Waals surface area contributed by atoms with Gasteiger partial charge in [-0.05, 0) is 42.0 Å². The van der Waals surface area contributed by atoms with Gasteiger partial charge >= 0.3 is 0 Å². The van der Waals surface area contributed by atoms with Crippen LogP contribution in [0, 0.1) is 0 Å². The van der Waals surface area contributed by atoms with Gasteiger partial charge in [-0.15, -0.1) is 0 Å². The number of hydrogen-bond donors (Lipinski definition) is 1. The molecule has 0 radical (unpaired) electrons. The van der Waals surface area contributed by atoms with E-state index in [1.165, 1.54) is 0 Å². The molecule has 0 bridgehead atoms. The van der Waals surface area contributed by atoms with Crippen molar-refractivity contribution in [3.05, 3.63) is 98.5 Å². The van der Waals surface area contributed by atoms with Gasteiger partial charge in [-0.25, -0.2) is 4.98 Å². The van der Waals surface area contributed by atoms with Gasteiger partial charge in [0.25, 0.3) is 5.56 Å². The van der Waals surface area contributed by atoms with E-state index < -0.39 is 0 Å². The Balaban J connectivity index is 1.70. The Morgan fingerprint density at radius 3 is 2.62 bits per heavy atom. The van der Waals surface area contributed by atoms with Crippen LogP contribution in [0.4, 0.5) is 0 Å². The lowest BCUT2D eigenvalue weighted by Crippen LogP contribution is -2.21. The third kappa shape index (κ3) is 3.26. The summed E-state index contributed by atoms with van der Waals surface area (Å²) in [6.07, 6.45) is 1.62. The summed E-state index contributed by atoms with van der Waals surface area (Å²) in [7, 11) is 0. The smallest absolute Gasteiger partial charge is 0.261 e. The monoisotopic (exact) mass is 463 g/mol. The van der Waals surface area contributed by atoms with Gasteiger partial charge < -0.3 is 4.98 Å². The Hall–Kier alpha value is -2.89. The van der Waals surface area contributed by atoms with Crippen LogP contribution < -0.4 is 5.56 Å². The SMILES string of the molecule is O=c1c2cc(Br)ccc2ncn1Cc1c(-c2ccc(Cl)cc2)[nH]c2ccccc12. The zero-order valence-corrected chi connectivity index (χ0v) is 17.5. The van der Waals surface area contributed by atoms with Crippen LogP contribution in [0.15, 0.2) is 82.3 Å². The van der Waals surface area contributed by atoms with Crippen LogP contribution >= 0.6 is 27.5 Å². The van der Waals surface area contributed by atoms with E-state index in [2.05, 4.69) is 32.0 Å². The lowest BCUT2D eigenvalue weighted by Gasteiger charge is -2.09. The maximum atomic E-state index is 13.1. The van der Waals surface area contributed by atoms with Gasteiger partial charge in [-0.1, -0.05) is 57.9 Å². The molecule has 29 heavy (non-hydrogen) atoms. The van der Waals surface area contributed by atoms with E-state index in [0.29, 0.717) is 22.5 Å². The van der Waals surface area contributed by atoms with Gasteiger partial charge in [0, 0.05) is 26.0 Å². The van der Waals surface area contributed by atoms with E-state index in [-0.39, 0.29) is 5.56 Å². The molecule has 142 valence electrons. The Kier molecular flexibility index (Phi) is 4.49. The fourth-order valence-electron chi connectivity index (χ4n) is 3.64. The number of rotatable bonds is 3. The fourth-order valence-corrected chi connectivity index (χ4v) is 4.13. The molecule has 0 saturated carbocycles. The number of aromatic amines is 1. The second-order valence-corrected chi connectivity index (χ2v) is 8.22. The quantitative estimate of drug-likeness (QED) is 0.355. The van der Waals surface area contributed by atoms with E-state index in [1.54, 1.807) is 10.9 Å². The predicted octanol–water partition coefficient (Wildman–Crippen LogP) is 6.01. The minimum Gasteiger partial charge on any atom is -0.354 e. The first-order chi connectivity index (χ1) is 14.1. The highest BCUT2D eigenvalue weighted by Gasteiger charge is 2.15. The molecule has 5 rings (SSSR count). The number of benzene rings is 3. The molecule has 0 atom stereocenters. The molecule has 0 saturated heterocycles. The normalized spacial score (nSPS) is 11.4. The highest BCUT2D eigenvalue weighted by atomic mass is 79.9. The number of hydrogen-bond acceptors (Lipinski definition) is 2. The molecule has 2 heterocycles. The molecular formula is C23H15BrClN3O. The van der Waals surface area contributed by atoms with Gasteiger partial charge in [-0.3, -0.25) is 9.36 Å². The van der Waals surface area contributed by atoms with Gasteiger partial charge in [0.15, 0.2) is 0 Å². The van der Waals surface area contributed by atoms with E-state index in [9.17, 15) is 4.79 Å². The summed E-state index contributed by atoms with van der Waals surface area (Å²) < 4.78 is 2.51. The van der Waals surface area contributed by atoms with Crippen molar-refractivity contribution in [2.45, 2.75) is 6.54 Å². The Bertz CT molecular complexity index is 1420. The van der Waals surface area contributed by atoms with E-state index >= 15 is 0 Å². The molecule has 0 fully saturated rings. The molecule has 0 spiro atoms. The van der Waals surface area contributed by atoms with E-state index in [4.69, 9.17) is 11.6 Å². The van der Waals surface area contributed by atoms with Gasteiger partial charge in [-0.2, -0.15) is 0 Å². The first-order valence-electron chi connectivity index (χ1n) is 9.10. The van der Waals surface area contributed by atoms with Crippen LogP contribution in [-0.2, 0) is 6.54 Å². The van der Waals surface area contributed by atoms with Gasteiger partial charge in [0.05, 0.1) is 29.5 Å². The molecule has 6 heteroatoms. The molecule has 2 aromatic heterocycles. The topological polar surface area (TPSA) is 50.7 Å². The fraction of sp³-hybridized carbons (Fsp3) is 0.0435. The number of H-pyrrole nitrogens is 1. The first kappa shape index (κ1) is 18.2. The minimum atomic E-state index is -0.0661. The Morgan fingerprint density at radius 1 is 1.00 bits per heavy atom. The van der Waals surface area contributed by atoms with Crippen LogP contribution in [0.25, 0.3) is 33.1 Å². The molecular weight excluding hydrogens is 450 g/mol. The second kappa shape index (κ2) is 7.17. The maximum absolute atomic E-state index is 13.1. The van der Waals surface area contributed by atoms with Crippen LogP contribution in [0.1, 0.15) is 5.56 Å². The highest BCUT2D eigenvalue weighted by molar-refractivity contribution is 9.10. The second-order valence-electron chi connectivity index (χ2n) is 6.87. The van der Waals surface area contributed by atoms with E-state index in [1.807, 2.05) is 60.7 Å². The van der Waals surface area contributed by atoms with Crippen LogP contribution in [0.3, 0.4) is 0 Å². The number of aromatic nitrogens is 3. The molecule has 0 unspecified atom stereocenters. The van der Waals surface area contributed by atoms with Gasteiger partial charge in [0.1, 0.15) is 0 Å². The third-order valence-corrected chi connectivity index (χ3v) is 5.81. The summed E-state index contributed by atoms with van der Waals surface area (Å²) in [5.41, 5.74) is 4.68. The van der Waals surface area contributed by atoms with Crippen molar-refractivity contribution in [3.8, 4) is 11.3 Å². The summed E-state index contributed by atoms with van der Waals surface area (Å²) in [6, 6.07) is 21.3. The molecule has 0 aliphatic heterocycles. The van der Waals surface area contributed by atoms with Crippen molar-refractivity contribution in [2.24, 2.45) is 0 Å². The van der Waals surface area contributed by atoms with Crippen molar-refractivity contribution < 1.29 is 0 Å². The summed E-state index contributed by atoms with van der Waals surface area (Å²) in [5.74, 6) is 0. The molecule has 3 aromatic carbocycles. The van der Waals surface area contributed by atoms with Crippen molar-refractivity contribution >= 4 is 49.3 Å². The van der Waals surface area contributed by atoms with Crippen molar-refractivity contribution in [1.82, 2.24) is 14.5 Å². The Morgan fingerprint density at radius 2 is 1.79 bits per heavy atom. The lowest BCUT2D eigenvalue weighted by molar-refractivity contribution is 0.753. The average Bonchev–Trinajstić information content (AvgIpc) is 3.09. The standard InChI is InChI=1S/C23H15BrClN3O/c24-15-7-10-20-18(11-15)23(29)28(13-26-20)12-19-17-3-1-2-4-21(17)27-22(19)14-5-8-16(25)9-6-14/h1-11,13,27H,12H2. The highest BCUT2D eigenvalue weighted by Crippen LogP contribution is 2.31. The van der Waals surface area contributed by atoms with Gasteiger partial charge in [0.2, 0.25) is 0 Å². The number of fused-ring (bicyclic) bond motifs is 2. The number of nitrogens with zero attached hydrogens (tertiary/aromatic N) is 2. The van der Waals surface area contributed by atoms with Crippen LogP contribution in [-0.4, -0.2) is 14.5 Å². The van der Waals surface area contributed by atoms with Crippen molar-refractivity contribution in [2.75, 3.05) is 0 Å². The largest absolute Gasteiger partial charge is 0.354 e. The molecule has 0 aliphatic rings. The summed E-state index contributed by atoms with van der Waals surface area (Å²) in [4.78, 5) is 21.1. The average molecular weight is 465 g/mol. The molecule has 0 aliphatic carbocycles. The number of nitrogens with one attached hydrogen (secondary N) is 1. The summed E-state index contributed by atoms with van der Waals surface area (Å²) in [6.45, 7) is 0.413. The Labute approximate surface area is 179 Å². The van der Waals surface area contributed by atoms with Crippen LogP contribution in [0.5, 0.6) is 0 Å². The minimum absolute atomic E-state index is 0.0661. The van der Waals surface area contributed by atoms with E-state index in [0.717, 1.165) is 32.2 Å². The van der Waals surface area contributed by atoms with Crippen LogP contribution in [0.2, 0.25) is 5.02 Å². The summed E-state index contributed by atoms with van der Waals surface area (Å²) in [5, 5.41) is 2.36. The third-order valence-electron chi connectivity index (χ3n) is 5.06. The number of halogens is 2. The molecule has 0 amide bonds. The summed E-state index contributed by atoms with van der Waals surface area (Å²) >= 11 is 9.51. The molecule has 1 N–H and O–H groups in total. The molecule has 5 aromatic rings. The van der Waals surface area contributed by atoms with Crippen molar-refractivity contribution in [1.29, 1.82) is 0 Å². The number of para-hydroxylation sites is 1. The lowest BCUT2D eigenvalue weighted by atomic mass is 10.0. The zero-order chi connectivity index (χ0) is 20.0.